The quantitative estimate of drug-likeness (QED) is 0.649. The molecule has 0 radical (unpaired) electrons. The Hall–Kier alpha value is -3.02. The van der Waals surface area contributed by atoms with Crippen molar-refractivity contribution in [3.05, 3.63) is 53.6 Å². The molecule has 0 aliphatic carbocycles. The highest BCUT2D eigenvalue weighted by Crippen LogP contribution is 2.32. The van der Waals surface area contributed by atoms with E-state index in [4.69, 9.17) is 9.47 Å². The normalized spacial score (nSPS) is 12.4. The van der Waals surface area contributed by atoms with Gasteiger partial charge in [0.1, 0.15) is 0 Å². The third kappa shape index (κ3) is 4.50. The summed E-state index contributed by atoms with van der Waals surface area (Å²) in [6.45, 7) is 0.253. The van der Waals surface area contributed by atoms with Crippen molar-refractivity contribution in [3.63, 3.8) is 0 Å². The lowest BCUT2D eigenvalue weighted by Gasteiger charge is -2.11. The first kappa shape index (κ1) is 16.8. The van der Waals surface area contributed by atoms with Crippen LogP contribution in [0.15, 0.2) is 47.6 Å². The van der Waals surface area contributed by atoms with Crippen LogP contribution in [-0.4, -0.2) is 33.0 Å². The molecule has 1 amide bonds. The number of carbonyl (C=O) groups is 1. The lowest BCUT2D eigenvalue weighted by atomic mass is 10.1. The number of benzene rings is 2. The highest BCUT2D eigenvalue weighted by Gasteiger charge is 2.13. The van der Waals surface area contributed by atoms with Crippen LogP contribution in [0.3, 0.4) is 0 Å². The molecule has 6 heteroatoms. The summed E-state index contributed by atoms with van der Waals surface area (Å²) >= 11 is 0. The van der Waals surface area contributed by atoms with Crippen molar-refractivity contribution >= 4 is 17.8 Å². The van der Waals surface area contributed by atoms with Crippen LogP contribution in [0.25, 0.3) is 0 Å². The number of hydrogen-bond donors (Lipinski definition) is 1. The van der Waals surface area contributed by atoms with Gasteiger partial charge in [0.25, 0.3) is 0 Å². The summed E-state index contributed by atoms with van der Waals surface area (Å²) < 4.78 is 10.6. The number of carbonyl (C=O) groups excluding carboxylic acids is 1. The minimum absolute atomic E-state index is 0.126. The van der Waals surface area contributed by atoms with Gasteiger partial charge < -0.3 is 14.4 Å². The van der Waals surface area contributed by atoms with E-state index in [0.717, 1.165) is 28.3 Å². The van der Waals surface area contributed by atoms with Gasteiger partial charge in [0.2, 0.25) is 12.7 Å². The molecule has 1 aliphatic heterocycles. The predicted octanol–water partition coefficient (Wildman–Crippen LogP) is 2.56. The molecule has 1 heterocycles. The van der Waals surface area contributed by atoms with Crippen molar-refractivity contribution < 1.29 is 14.3 Å². The third-order valence-electron chi connectivity index (χ3n) is 3.89. The average Bonchev–Trinajstić information content (AvgIpc) is 3.08. The van der Waals surface area contributed by atoms with Gasteiger partial charge in [-0.1, -0.05) is 18.2 Å². The molecule has 0 fully saturated rings. The fourth-order valence-electron chi connectivity index (χ4n) is 2.45. The van der Waals surface area contributed by atoms with E-state index >= 15 is 0 Å². The summed E-state index contributed by atoms with van der Waals surface area (Å²) in [5.41, 5.74) is 5.63. The molecule has 1 aliphatic rings. The summed E-state index contributed by atoms with van der Waals surface area (Å²) in [6.07, 6.45) is 2.62. The van der Waals surface area contributed by atoms with Crippen LogP contribution in [0.1, 0.15) is 17.5 Å². The van der Waals surface area contributed by atoms with E-state index < -0.39 is 0 Å². The number of hydrogen-bond acceptors (Lipinski definition) is 5. The molecule has 0 saturated carbocycles. The number of aryl methyl sites for hydroxylation is 1. The van der Waals surface area contributed by atoms with Crippen molar-refractivity contribution in [1.82, 2.24) is 5.43 Å². The highest BCUT2D eigenvalue weighted by atomic mass is 16.7. The summed E-state index contributed by atoms with van der Waals surface area (Å²) in [7, 11) is 3.98. The Balaban J connectivity index is 1.46. The van der Waals surface area contributed by atoms with E-state index in [2.05, 4.69) is 10.5 Å². The molecule has 2 aromatic carbocycles. The molecule has 25 heavy (non-hydrogen) atoms. The molecule has 0 unspecified atom stereocenters. The minimum atomic E-state index is -0.126. The van der Waals surface area contributed by atoms with Crippen molar-refractivity contribution in [3.8, 4) is 11.5 Å². The van der Waals surface area contributed by atoms with Crippen molar-refractivity contribution in [1.29, 1.82) is 0 Å². The van der Waals surface area contributed by atoms with Gasteiger partial charge in [0, 0.05) is 26.2 Å². The van der Waals surface area contributed by atoms with Crippen molar-refractivity contribution in [2.75, 3.05) is 25.8 Å². The zero-order chi connectivity index (χ0) is 17.6. The fraction of sp³-hybridized carbons (Fsp3) is 0.263. The third-order valence-corrected chi connectivity index (χ3v) is 3.89. The maximum atomic E-state index is 11.9. The highest BCUT2D eigenvalue weighted by molar-refractivity contribution is 5.83. The fourth-order valence-corrected chi connectivity index (χ4v) is 2.45. The number of amides is 1. The molecule has 3 rings (SSSR count). The first-order valence-electron chi connectivity index (χ1n) is 8.09. The molecule has 0 bridgehead atoms. The predicted molar refractivity (Wildman–Crippen MR) is 97.4 cm³/mol. The van der Waals surface area contributed by atoms with Gasteiger partial charge in [-0.25, -0.2) is 5.43 Å². The Bertz CT molecular complexity index is 770. The molecular formula is C19H21N3O3. The average molecular weight is 339 g/mol. The standard InChI is InChI=1S/C19H21N3O3/c1-22(2)16-7-3-15(4-8-16)12-20-21-19(23)10-6-14-5-9-17-18(11-14)25-13-24-17/h3-5,7-9,11-12H,6,10,13H2,1-2H3,(H,21,23)/b20-12-. The Morgan fingerprint density at radius 2 is 1.92 bits per heavy atom. The monoisotopic (exact) mass is 339 g/mol. The Kier molecular flexibility index (Phi) is 5.18. The number of nitrogens with one attached hydrogen (secondary N) is 1. The van der Waals surface area contributed by atoms with E-state index in [1.54, 1.807) is 6.21 Å². The molecule has 1 N–H and O–H groups in total. The number of ether oxygens (including phenoxy) is 2. The largest absolute Gasteiger partial charge is 0.454 e. The van der Waals surface area contributed by atoms with Gasteiger partial charge in [-0.2, -0.15) is 5.10 Å². The molecule has 6 nitrogen and oxygen atoms in total. The Morgan fingerprint density at radius 3 is 2.68 bits per heavy atom. The second-order valence-electron chi connectivity index (χ2n) is 5.97. The maximum Gasteiger partial charge on any atom is 0.240 e. The van der Waals surface area contributed by atoms with E-state index in [1.165, 1.54) is 0 Å². The van der Waals surface area contributed by atoms with Crippen molar-refractivity contribution in [2.24, 2.45) is 5.10 Å². The molecule has 0 saturated heterocycles. The molecule has 0 atom stereocenters. The van der Waals surface area contributed by atoms with E-state index in [1.807, 2.05) is 61.5 Å². The van der Waals surface area contributed by atoms with Crippen LogP contribution < -0.4 is 19.8 Å². The summed E-state index contributed by atoms with van der Waals surface area (Å²) in [5.74, 6) is 1.36. The van der Waals surface area contributed by atoms with Gasteiger partial charge in [0.05, 0.1) is 6.21 Å². The lowest BCUT2D eigenvalue weighted by Crippen LogP contribution is -2.17. The Labute approximate surface area is 147 Å². The van der Waals surface area contributed by atoms with Crippen LogP contribution in [0.4, 0.5) is 5.69 Å². The van der Waals surface area contributed by atoms with Crippen LogP contribution >= 0.6 is 0 Å². The van der Waals surface area contributed by atoms with Crippen LogP contribution in [0, 0.1) is 0 Å². The van der Waals surface area contributed by atoms with Gasteiger partial charge in [-0.3, -0.25) is 4.79 Å². The van der Waals surface area contributed by atoms with Gasteiger partial charge >= 0.3 is 0 Å². The zero-order valence-electron chi connectivity index (χ0n) is 14.4. The first-order chi connectivity index (χ1) is 12.1. The maximum absolute atomic E-state index is 11.9. The SMILES string of the molecule is CN(C)c1ccc(/C=N\NC(=O)CCc2ccc3c(c2)OCO3)cc1. The number of anilines is 1. The first-order valence-corrected chi connectivity index (χ1v) is 8.09. The lowest BCUT2D eigenvalue weighted by molar-refractivity contribution is -0.121. The molecule has 2 aromatic rings. The van der Waals surface area contributed by atoms with Gasteiger partial charge in [-0.05, 0) is 41.8 Å². The summed E-state index contributed by atoms with van der Waals surface area (Å²) in [6, 6.07) is 13.6. The van der Waals surface area contributed by atoms with Crippen LogP contribution in [0.2, 0.25) is 0 Å². The topological polar surface area (TPSA) is 63.2 Å². The second kappa shape index (κ2) is 7.70. The summed E-state index contributed by atoms with van der Waals surface area (Å²) in [4.78, 5) is 13.9. The van der Waals surface area contributed by atoms with Gasteiger partial charge in [0.15, 0.2) is 11.5 Å². The zero-order valence-corrected chi connectivity index (χ0v) is 14.4. The number of nitrogens with zero attached hydrogens (tertiary/aromatic N) is 2. The number of hydrazone groups is 1. The van der Waals surface area contributed by atoms with Crippen LogP contribution in [0.5, 0.6) is 11.5 Å². The minimum Gasteiger partial charge on any atom is -0.454 e. The second-order valence-corrected chi connectivity index (χ2v) is 5.97. The molecule has 130 valence electrons. The van der Waals surface area contributed by atoms with E-state index in [0.29, 0.717) is 12.8 Å². The Morgan fingerprint density at radius 1 is 1.16 bits per heavy atom. The van der Waals surface area contributed by atoms with E-state index in [9.17, 15) is 4.79 Å². The molecule has 0 spiro atoms. The number of fused-ring (bicyclic) bond motifs is 1. The number of rotatable bonds is 6. The molecule has 0 aromatic heterocycles. The molecular weight excluding hydrogens is 318 g/mol. The summed E-state index contributed by atoms with van der Waals surface area (Å²) in [5, 5.41) is 4.00. The smallest absolute Gasteiger partial charge is 0.240 e. The van der Waals surface area contributed by atoms with Crippen LogP contribution in [-0.2, 0) is 11.2 Å². The van der Waals surface area contributed by atoms with E-state index in [-0.39, 0.29) is 12.7 Å². The van der Waals surface area contributed by atoms with Gasteiger partial charge in [-0.15, -0.1) is 0 Å². The van der Waals surface area contributed by atoms with Crippen molar-refractivity contribution in [2.45, 2.75) is 12.8 Å².